The van der Waals surface area contributed by atoms with E-state index in [9.17, 15) is 4.79 Å². The molecule has 0 amide bonds. The van der Waals surface area contributed by atoms with Crippen molar-refractivity contribution in [2.24, 2.45) is 0 Å². The molecule has 0 saturated carbocycles. The molecule has 0 atom stereocenters. The largest absolute Gasteiger partial charge is 0.289 e. The normalized spacial score (nSPS) is 10.8. The molecule has 0 aliphatic carbocycles. The number of carbonyl (C=O) groups excluding carboxylic acids is 1. The van der Waals surface area contributed by atoms with Crippen molar-refractivity contribution in [2.45, 2.75) is 6.92 Å². The van der Waals surface area contributed by atoms with E-state index >= 15 is 0 Å². The van der Waals surface area contributed by atoms with Gasteiger partial charge in [-0.3, -0.25) is 4.79 Å². The van der Waals surface area contributed by atoms with E-state index in [-0.39, 0.29) is 5.78 Å². The van der Waals surface area contributed by atoms with Gasteiger partial charge in [0.05, 0.1) is 0 Å². The maximum Gasteiger partial charge on any atom is 0.188 e. The molecule has 0 heterocycles. The van der Waals surface area contributed by atoms with Gasteiger partial charge in [0.25, 0.3) is 0 Å². The number of fused-ring (bicyclic) bond motifs is 2. The van der Waals surface area contributed by atoms with Crippen LogP contribution in [0.1, 0.15) is 17.3 Å². The van der Waals surface area contributed by atoms with Crippen LogP contribution in [-0.2, 0) is 0 Å². The summed E-state index contributed by atoms with van der Waals surface area (Å²) in [5.41, 5.74) is 1.27. The molecule has 1 nitrogen and oxygen atoms in total. The predicted molar refractivity (Wildman–Crippen MR) is 80.6 cm³/mol. The summed E-state index contributed by atoms with van der Waals surface area (Å²) in [6.07, 6.45) is 0. The molecule has 92 valence electrons. The second-order valence-corrected chi connectivity index (χ2v) is 4.87. The molecule has 0 N–H and O–H groups in total. The molecule has 0 spiro atoms. The first-order valence-electron chi connectivity index (χ1n) is 6.28. The number of benzene rings is 3. The van der Waals surface area contributed by atoms with Crippen molar-refractivity contribution in [2.75, 3.05) is 0 Å². The smallest absolute Gasteiger partial charge is 0.188 e. The molecule has 0 fully saturated rings. The van der Waals surface area contributed by atoms with E-state index in [0.717, 1.165) is 10.8 Å². The van der Waals surface area contributed by atoms with Gasteiger partial charge in [-0.15, -0.1) is 0 Å². The van der Waals surface area contributed by atoms with Gasteiger partial charge in [-0.1, -0.05) is 43.0 Å². The summed E-state index contributed by atoms with van der Waals surface area (Å²) in [5, 5.41) is 4.65. The fourth-order valence-corrected chi connectivity index (χ4v) is 2.33. The van der Waals surface area contributed by atoms with Crippen LogP contribution in [0.25, 0.3) is 21.5 Å². The van der Waals surface area contributed by atoms with E-state index in [1.807, 2.05) is 30.3 Å². The first kappa shape index (κ1) is 11.7. The quantitative estimate of drug-likeness (QED) is 0.362. The Balaban J connectivity index is 2.25. The van der Waals surface area contributed by atoms with Crippen LogP contribution < -0.4 is 0 Å². The fraction of sp³-hybridized carbons (Fsp3) is 0.0556. The van der Waals surface area contributed by atoms with Crippen molar-refractivity contribution in [3.8, 4) is 0 Å². The van der Waals surface area contributed by atoms with Crippen LogP contribution in [0.3, 0.4) is 0 Å². The summed E-state index contributed by atoms with van der Waals surface area (Å²) in [6, 6.07) is 18.3. The summed E-state index contributed by atoms with van der Waals surface area (Å²) in [4.78, 5) is 12.0. The van der Waals surface area contributed by atoms with Gasteiger partial charge in [-0.05, 0) is 52.2 Å². The lowest BCUT2D eigenvalue weighted by Crippen LogP contribution is -1.98. The molecule has 1 heteroatoms. The number of hydrogen-bond acceptors (Lipinski definition) is 1. The molecule has 0 aliphatic rings. The third-order valence-corrected chi connectivity index (χ3v) is 3.35. The van der Waals surface area contributed by atoms with Crippen LogP contribution in [0.2, 0.25) is 0 Å². The van der Waals surface area contributed by atoms with Gasteiger partial charge in [0.2, 0.25) is 0 Å². The summed E-state index contributed by atoms with van der Waals surface area (Å²) in [6.45, 7) is 5.45. The van der Waals surface area contributed by atoms with Crippen molar-refractivity contribution in [1.82, 2.24) is 0 Å². The van der Waals surface area contributed by atoms with Gasteiger partial charge in [-0.25, -0.2) is 0 Å². The lowest BCUT2D eigenvalue weighted by Gasteiger charge is -2.05. The maximum atomic E-state index is 12.0. The molecule has 0 unspecified atom stereocenters. The van der Waals surface area contributed by atoms with Crippen molar-refractivity contribution in [1.29, 1.82) is 0 Å². The summed E-state index contributed by atoms with van der Waals surface area (Å²) in [5.74, 6) is 0.00931. The van der Waals surface area contributed by atoms with Crippen LogP contribution >= 0.6 is 0 Å². The lowest BCUT2D eigenvalue weighted by atomic mass is 9.99. The van der Waals surface area contributed by atoms with E-state index in [4.69, 9.17) is 0 Å². The van der Waals surface area contributed by atoms with Gasteiger partial charge >= 0.3 is 0 Å². The van der Waals surface area contributed by atoms with Gasteiger partial charge in [0.15, 0.2) is 5.78 Å². The van der Waals surface area contributed by atoms with Crippen molar-refractivity contribution < 1.29 is 4.79 Å². The molecule has 3 aromatic rings. The van der Waals surface area contributed by atoms with Crippen molar-refractivity contribution >= 4 is 27.3 Å². The van der Waals surface area contributed by atoms with Gasteiger partial charge in [-0.2, -0.15) is 0 Å². The van der Waals surface area contributed by atoms with Crippen LogP contribution in [0, 0.1) is 0 Å². The standard InChI is InChI=1S/C18H14O/c1-12(2)18(19)16-8-7-15-9-13-5-3-4-6-14(13)10-17(15)11-16/h3-11H,1H2,2H3. The molecular formula is C18H14O. The molecule has 0 aromatic heterocycles. The highest BCUT2D eigenvalue weighted by Gasteiger charge is 2.07. The number of hydrogen-bond donors (Lipinski definition) is 0. The highest BCUT2D eigenvalue weighted by Crippen LogP contribution is 2.24. The van der Waals surface area contributed by atoms with Crippen LogP contribution in [0.4, 0.5) is 0 Å². The Morgan fingerprint density at radius 2 is 1.42 bits per heavy atom. The van der Waals surface area contributed by atoms with Crippen molar-refractivity contribution in [3.05, 3.63) is 72.3 Å². The summed E-state index contributed by atoms with van der Waals surface area (Å²) in [7, 11) is 0. The zero-order valence-corrected chi connectivity index (χ0v) is 10.8. The Morgan fingerprint density at radius 3 is 2.05 bits per heavy atom. The lowest BCUT2D eigenvalue weighted by molar-refractivity contribution is 0.103. The SMILES string of the molecule is C=C(C)C(=O)c1ccc2cc3ccccc3cc2c1. The van der Waals surface area contributed by atoms with Gasteiger partial charge in [0.1, 0.15) is 0 Å². The van der Waals surface area contributed by atoms with E-state index < -0.39 is 0 Å². The summed E-state index contributed by atoms with van der Waals surface area (Å²) < 4.78 is 0. The van der Waals surface area contributed by atoms with Crippen molar-refractivity contribution in [3.63, 3.8) is 0 Å². The average Bonchev–Trinajstić information content (AvgIpc) is 2.43. The fourth-order valence-electron chi connectivity index (χ4n) is 2.33. The molecule has 0 aliphatic heterocycles. The number of rotatable bonds is 2. The third kappa shape index (κ3) is 2.04. The third-order valence-electron chi connectivity index (χ3n) is 3.35. The molecule has 19 heavy (non-hydrogen) atoms. The first-order chi connectivity index (χ1) is 9.15. The number of allylic oxidation sites excluding steroid dienone is 1. The minimum Gasteiger partial charge on any atom is -0.289 e. The topological polar surface area (TPSA) is 17.1 Å². The molecule has 3 rings (SSSR count). The molecular weight excluding hydrogens is 232 g/mol. The van der Waals surface area contributed by atoms with Gasteiger partial charge in [0, 0.05) is 5.56 Å². The molecule has 3 aromatic carbocycles. The Bertz CT molecular complexity index is 812. The van der Waals surface area contributed by atoms with Gasteiger partial charge < -0.3 is 0 Å². The molecule has 0 radical (unpaired) electrons. The van der Waals surface area contributed by atoms with E-state index in [2.05, 4.69) is 30.8 Å². The molecule has 0 saturated heterocycles. The van der Waals surface area contributed by atoms with E-state index in [1.165, 1.54) is 10.8 Å². The monoisotopic (exact) mass is 246 g/mol. The van der Waals surface area contributed by atoms with Crippen LogP contribution in [-0.4, -0.2) is 5.78 Å². The predicted octanol–water partition coefficient (Wildman–Crippen LogP) is 4.75. The minimum absolute atomic E-state index is 0.00931. The second kappa shape index (κ2) is 4.36. The van der Waals surface area contributed by atoms with E-state index in [0.29, 0.717) is 11.1 Å². The Labute approximate surface area is 112 Å². The number of ketones is 1. The summed E-state index contributed by atoms with van der Waals surface area (Å²) >= 11 is 0. The maximum absolute atomic E-state index is 12.0. The Morgan fingerprint density at radius 1 is 0.842 bits per heavy atom. The zero-order valence-electron chi connectivity index (χ0n) is 10.8. The molecule has 0 bridgehead atoms. The number of carbonyl (C=O) groups is 1. The first-order valence-corrected chi connectivity index (χ1v) is 6.28. The highest BCUT2D eigenvalue weighted by molar-refractivity contribution is 6.10. The van der Waals surface area contributed by atoms with Crippen LogP contribution in [0.5, 0.6) is 0 Å². The average molecular weight is 246 g/mol. The number of Topliss-reactive ketones (excluding diaryl/α,β-unsaturated/α-hetero) is 1. The Hall–Kier alpha value is -2.41. The van der Waals surface area contributed by atoms with E-state index in [1.54, 1.807) is 6.92 Å². The zero-order chi connectivity index (χ0) is 13.4. The second-order valence-electron chi connectivity index (χ2n) is 4.87. The Kier molecular flexibility index (Phi) is 2.68. The highest BCUT2D eigenvalue weighted by atomic mass is 16.1. The van der Waals surface area contributed by atoms with Crippen LogP contribution in [0.15, 0.2) is 66.7 Å². The minimum atomic E-state index is 0.00931.